The second-order valence-corrected chi connectivity index (χ2v) is 9.28. The molecular formula is C29H30N6O2. The van der Waals surface area contributed by atoms with Gasteiger partial charge in [0.2, 0.25) is 0 Å². The maximum Gasteiger partial charge on any atom is 0.330 e. The average molecular weight is 495 g/mol. The normalized spacial score (nSPS) is 17.8. The van der Waals surface area contributed by atoms with Crippen molar-refractivity contribution in [2.45, 2.75) is 44.7 Å². The zero-order chi connectivity index (χ0) is 25.6. The lowest BCUT2D eigenvalue weighted by molar-refractivity contribution is -0.116. The molecule has 0 unspecified atom stereocenters. The molecular weight excluding hydrogens is 464 g/mol. The van der Waals surface area contributed by atoms with Gasteiger partial charge >= 0.3 is 6.03 Å². The Labute approximate surface area is 216 Å². The van der Waals surface area contributed by atoms with Gasteiger partial charge in [-0.05, 0) is 42.7 Å². The van der Waals surface area contributed by atoms with Crippen LogP contribution in [0.15, 0.2) is 90.4 Å². The van der Waals surface area contributed by atoms with Crippen LogP contribution in [0.3, 0.4) is 0 Å². The van der Waals surface area contributed by atoms with Crippen molar-refractivity contribution in [2.75, 3.05) is 5.32 Å². The summed E-state index contributed by atoms with van der Waals surface area (Å²) in [7, 11) is 0. The summed E-state index contributed by atoms with van der Waals surface area (Å²) in [5.41, 5.74) is 3.80. The monoisotopic (exact) mass is 494 g/mol. The Balaban J connectivity index is 1.42. The molecule has 2 heterocycles. The minimum absolute atomic E-state index is 0.0721. The van der Waals surface area contributed by atoms with Gasteiger partial charge in [-0.1, -0.05) is 67.8 Å². The number of hydrogen-bond acceptors (Lipinski definition) is 6. The van der Waals surface area contributed by atoms with E-state index in [9.17, 15) is 9.59 Å². The van der Waals surface area contributed by atoms with Gasteiger partial charge in [0, 0.05) is 30.0 Å². The molecule has 2 fully saturated rings. The van der Waals surface area contributed by atoms with Crippen LogP contribution < -0.4 is 16.0 Å². The van der Waals surface area contributed by atoms with Crippen molar-refractivity contribution in [2.24, 2.45) is 0 Å². The van der Waals surface area contributed by atoms with E-state index in [4.69, 9.17) is 5.41 Å². The zero-order valence-corrected chi connectivity index (χ0v) is 20.5. The molecule has 0 radical (unpaired) electrons. The minimum atomic E-state index is -0.585. The molecule has 37 heavy (non-hydrogen) atoms. The van der Waals surface area contributed by atoms with E-state index in [1.54, 1.807) is 6.20 Å². The minimum Gasteiger partial charge on any atom is -0.367 e. The molecule has 0 spiro atoms. The number of amides is 3. The number of aromatic nitrogens is 1. The van der Waals surface area contributed by atoms with Gasteiger partial charge in [-0.15, -0.1) is 0 Å². The number of pyridine rings is 1. The summed E-state index contributed by atoms with van der Waals surface area (Å²) in [6, 6.07) is 22.7. The molecule has 188 valence electrons. The summed E-state index contributed by atoms with van der Waals surface area (Å²) in [6.45, 7) is 0.416. The van der Waals surface area contributed by atoms with Gasteiger partial charge in [-0.3, -0.25) is 25.4 Å². The molecule has 5 rings (SSSR count). The third-order valence-corrected chi connectivity index (χ3v) is 6.76. The van der Waals surface area contributed by atoms with Crippen LogP contribution in [-0.2, 0) is 11.3 Å². The molecule has 1 saturated carbocycles. The number of rotatable bonds is 7. The fourth-order valence-electron chi connectivity index (χ4n) is 4.85. The van der Waals surface area contributed by atoms with E-state index >= 15 is 0 Å². The SMILES string of the molecule is N=C1/C(=C(\NCc2ccc(-c3ccccn3)cc2)Nc2ccccc2)C(=O)NC(=O)N1C1CCCCC1. The Morgan fingerprint density at radius 1 is 0.946 bits per heavy atom. The summed E-state index contributed by atoms with van der Waals surface area (Å²) in [5.74, 6) is -0.272. The molecule has 3 aromatic rings. The number of amidine groups is 1. The lowest BCUT2D eigenvalue weighted by Gasteiger charge is -2.37. The van der Waals surface area contributed by atoms with Gasteiger partial charge in [-0.2, -0.15) is 0 Å². The molecule has 1 aliphatic heterocycles. The smallest absolute Gasteiger partial charge is 0.330 e. The Bertz CT molecular complexity index is 1300. The molecule has 4 N–H and O–H groups in total. The Morgan fingerprint density at radius 2 is 1.68 bits per heavy atom. The van der Waals surface area contributed by atoms with Gasteiger partial charge in [0.15, 0.2) is 0 Å². The van der Waals surface area contributed by atoms with Crippen LogP contribution in [0, 0.1) is 5.41 Å². The van der Waals surface area contributed by atoms with E-state index in [-0.39, 0.29) is 17.5 Å². The van der Waals surface area contributed by atoms with Crippen LogP contribution in [0.1, 0.15) is 37.7 Å². The molecule has 1 aliphatic carbocycles. The fraction of sp³-hybridized carbons (Fsp3) is 0.241. The Kier molecular flexibility index (Phi) is 7.26. The van der Waals surface area contributed by atoms with Gasteiger partial charge in [0.05, 0.1) is 5.69 Å². The number of nitrogens with zero attached hydrogens (tertiary/aromatic N) is 2. The summed E-state index contributed by atoms with van der Waals surface area (Å²) >= 11 is 0. The van der Waals surface area contributed by atoms with Gasteiger partial charge in [0.25, 0.3) is 5.91 Å². The maximum absolute atomic E-state index is 13.0. The molecule has 2 aliphatic rings. The number of hydrogen-bond donors (Lipinski definition) is 4. The van der Waals surface area contributed by atoms with E-state index in [2.05, 4.69) is 20.9 Å². The molecule has 3 amide bonds. The van der Waals surface area contributed by atoms with Crippen molar-refractivity contribution < 1.29 is 9.59 Å². The number of carbonyl (C=O) groups excluding carboxylic acids is 2. The zero-order valence-electron chi connectivity index (χ0n) is 20.5. The highest BCUT2D eigenvalue weighted by Gasteiger charge is 2.39. The standard InChI is InChI=1S/C29H30N6O2/c30-26-25(28(36)34-29(37)35(26)23-11-5-2-6-12-23)27(33-22-9-3-1-4-10-22)32-19-20-14-16-21(17-15-20)24-13-7-8-18-31-24/h1,3-4,7-10,13-18,23,30,32-33H,2,5-6,11-12,19H2,(H,34,36,37)/b27-25-,30-26?. The highest BCUT2D eigenvalue weighted by atomic mass is 16.2. The molecule has 8 nitrogen and oxygen atoms in total. The number of imide groups is 1. The predicted octanol–water partition coefficient (Wildman–Crippen LogP) is 5.02. The lowest BCUT2D eigenvalue weighted by atomic mass is 9.93. The van der Waals surface area contributed by atoms with Crippen LogP contribution in [0.5, 0.6) is 0 Å². The quantitative estimate of drug-likeness (QED) is 0.345. The molecule has 8 heteroatoms. The van der Waals surface area contributed by atoms with Gasteiger partial charge < -0.3 is 10.6 Å². The number of urea groups is 1. The van der Waals surface area contributed by atoms with Crippen LogP contribution >= 0.6 is 0 Å². The van der Waals surface area contributed by atoms with Crippen molar-refractivity contribution in [1.29, 1.82) is 5.41 Å². The molecule has 2 aromatic carbocycles. The van der Waals surface area contributed by atoms with Crippen LogP contribution in [0.4, 0.5) is 10.5 Å². The first-order valence-corrected chi connectivity index (χ1v) is 12.6. The van der Waals surface area contributed by atoms with Crippen molar-refractivity contribution in [1.82, 2.24) is 20.5 Å². The van der Waals surface area contributed by atoms with E-state index in [0.29, 0.717) is 12.4 Å². The van der Waals surface area contributed by atoms with Crippen LogP contribution in [-0.4, -0.2) is 33.7 Å². The second-order valence-electron chi connectivity index (χ2n) is 9.28. The van der Waals surface area contributed by atoms with Crippen LogP contribution in [0.25, 0.3) is 11.3 Å². The largest absolute Gasteiger partial charge is 0.367 e. The first kappa shape index (κ1) is 24.2. The first-order valence-electron chi connectivity index (χ1n) is 12.6. The van der Waals surface area contributed by atoms with Crippen molar-refractivity contribution in [3.63, 3.8) is 0 Å². The highest BCUT2D eigenvalue weighted by molar-refractivity contribution is 6.30. The summed E-state index contributed by atoms with van der Waals surface area (Å²) in [6.07, 6.45) is 6.57. The summed E-state index contributed by atoms with van der Waals surface area (Å²) < 4.78 is 0. The number of para-hydroxylation sites is 1. The van der Waals surface area contributed by atoms with Gasteiger partial charge in [-0.25, -0.2) is 4.79 Å². The highest BCUT2D eigenvalue weighted by Crippen LogP contribution is 2.27. The maximum atomic E-state index is 13.0. The number of carbonyl (C=O) groups is 2. The number of nitrogens with one attached hydrogen (secondary N) is 4. The summed E-state index contributed by atoms with van der Waals surface area (Å²) in [5, 5.41) is 18.0. The lowest BCUT2D eigenvalue weighted by Crippen LogP contribution is -2.58. The van der Waals surface area contributed by atoms with Crippen molar-refractivity contribution >= 4 is 23.5 Å². The molecule has 1 aromatic heterocycles. The Hall–Kier alpha value is -4.46. The predicted molar refractivity (Wildman–Crippen MR) is 144 cm³/mol. The first-order chi connectivity index (χ1) is 18.1. The fourth-order valence-corrected chi connectivity index (χ4v) is 4.85. The van der Waals surface area contributed by atoms with E-state index < -0.39 is 11.9 Å². The van der Waals surface area contributed by atoms with E-state index in [1.165, 1.54) is 4.90 Å². The van der Waals surface area contributed by atoms with E-state index in [1.807, 2.05) is 72.8 Å². The number of benzene rings is 2. The number of anilines is 1. The molecule has 1 saturated heterocycles. The topological polar surface area (TPSA) is 110 Å². The van der Waals surface area contributed by atoms with E-state index in [0.717, 1.165) is 54.6 Å². The van der Waals surface area contributed by atoms with Gasteiger partial charge in [0.1, 0.15) is 17.2 Å². The van der Waals surface area contributed by atoms with Crippen molar-refractivity contribution in [3.8, 4) is 11.3 Å². The van der Waals surface area contributed by atoms with Crippen molar-refractivity contribution in [3.05, 3.63) is 96.0 Å². The molecule has 0 bridgehead atoms. The van der Waals surface area contributed by atoms with Crippen LogP contribution in [0.2, 0.25) is 0 Å². The second kappa shape index (κ2) is 11.1. The summed E-state index contributed by atoms with van der Waals surface area (Å²) in [4.78, 5) is 31.6. The third-order valence-electron chi connectivity index (χ3n) is 6.76. The molecule has 0 atom stereocenters. The Morgan fingerprint density at radius 3 is 2.38 bits per heavy atom. The average Bonchev–Trinajstić information content (AvgIpc) is 2.93. The third kappa shape index (κ3) is 5.53.